The summed E-state index contributed by atoms with van der Waals surface area (Å²) in [4.78, 5) is 26.3. The molecule has 1 amide bonds. The molecule has 21 heavy (non-hydrogen) atoms. The second-order valence-electron chi connectivity index (χ2n) is 7.21. The van der Waals surface area contributed by atoms with Crippen molar-refractivity contribution in [3.63, 3.8) is 0 Å². The van der Waals surface area contributed by atoms with Crippen molar-refractivity contribution in [2.75, 3.05) is 6.54 Å². The van der Waals surface area contributed by atoms with Crippen molar-refractivity contribution >= 4 is 11.9 Å². The Morgan fingerprint density at radius 3 is 2.14 bits per heavy atom. The van der Waals surface area contributed by atoms with E-state index in [1.807, 2.05) is 0 Å². The highest BCUT2D eigenvalue weighted by atomic mass is 16.4. The predicted molar refractivity (Wildman–Crippen MR) is 79.8 cm³/mol. The molecule has 2 unspecified atom stereocenters. The first kappa shape index (κ1) is 14.9. The first-order valence-electron chi connectivity index (χ1n) is 8.70. The van der Waals surface area contributed by atoms with Crippen molar-refractivity contribution in [1.82, 2.24) is 4.90 Å². The summed E-state index contributed by atoms with van der Waals surface area (Å²) in [6, 6.07) is 0.412. The van der Waals surface area contributed by atoms with Gasteiger partial charge in [-0.1, -0.05) is 25.7 Å². The molecule has 2 atom stereocenters. The minimum atomic E-state index is -0.778. The normalized spacial score (nSPS) is 30.3. The van der Waals surface area contributed by atoms with Crippen LogP contribution in [0.5, 0.6) is 0 Å². The molecule has 0 heterocycles. The number of hydrogen-bond donors (Lipinski definition) is 1. The lowest BCUT2D eigenvalue weighted by atomic mass is 9.88. The van der Waals surface area contributed by atoms with Crippen LogP contribution in [0.2, 0.25) is 0 Å². The van der Waals surface area contributed by atoms with Crippen LogP contribution in [0.15, 0.2) is 0 Å². The van der Waals surface area contributed by atoms with Gasteiger partial charge in [-0.3, -0.25) is 9.59 Å². The molecule has 0 aromatic carbocycles. The van der Waals surface area contributed by atoms with Crippen molar-refractivity contribution < 1.29 is 14.7 Å². The fraction of sp³-hybridized carbons (Fsp3) is 0.882. The lowest BCUT2D eigenvalue weighted by molar-refractivity contribution is -0.149. The molecule has 3 fully saturated rings. The SMILES string of the molecule is O=C(O)C1CCCC1C(=O)N(CC1CCCCC1)C1CC1. The Balaban J connectivity index is 1.65. The van der Waals surface area contributed by atoms with E-state index in [1.165, 1.54) is 32.1 Å². The summed E-state index contributed by atoms with van der Waals surface area (Å²) in [6.07, 6.45) is 10.9. The molecule has 0 aliphatic heterocycles. The van der Waals surface area contributed by atoms with Gasteiger partial charge in [0.15, 0.2) is 0 Å². The van der Waals surface area contributed by atoms with Crippen LogP contribution in [0.25, 0.3) is 0 Å². The maximum absolute atomic E-state index is 12.9. The molecule has 0 bridgehead atoms. The van der Waals surface area contributed by atoms with Gasteiger partial charge >= 0.3 is 5.97 Å². The highest BCUT2D eigenvalue weighted by molar-refractivity contribution is 5.85. The Labute approximate surface area is 126 Å². The fourth-order valence-corrected chi connectivity index (χ4v) is 4.22. The van der Waals surface area contributed by atoms with Gasteiger partial charge in [0, 0.05) is 12.6 Å². The van der Waals surface area contributed by atoms with Crippen molar-refractivity contribution in [3.8, 4) is 0 Å². The minimum absolute atomic E-state index is 0.146. The van der Waals surface area contributed by atoms with Crippen LogP contribution >= 0.6 is 0 Å². The number of amides is 1. The van der Waals surface area contributed by atoms with Crippen molar-refractivity contribution in [1.29, 1.82) is 0 Å². The molecule has 0 spiro atoms. The molecule has 0 aromatic rings. The molecule has 3 aliphatic carbocycles. The van der Waals surface area contributed by atoms with Gasteiger partial charge in [-0.05, 0) is 44.4 Å². The van der Waals surface area contributed by atoms with Gasteiger partial charge < -0.3 is 10.0 Å². The Morgan fingerprint density at radius 2 is 1.52 bits per heavy atom. The number of carbonyl (C=O) groups excluding carboxylic acids is 1. The van der Waals surface area contributed by atoms with E-state index >= 15 is 0 Å². The summed E-state index contributed by atoms with van der Waals surface area (Å²) in [5.41, 5.74) is 0. The maximum atomic E-state index is 12.9. The van der Waals surface area contributed by atoms with E-state index < -0.39 is 11.9 Å². The molecule has 0 aromatic heterocycles. The van der Waals surface area contributed by atoms with Gasteiger partial charge in [0.25, 0.3) is 0 Å². The summed E-state index contributed by atoms with van der Waals surface area (Å²) in [7, 11) is 0. The van der Waals surface area contributed by atoms with Crippen molar-refractivity contribution in [2.24, 2.45) is 17.8 Å². The van der Waals surface area contributed by atoms with Gasteiger partial charge in [-0.15, -0.1) is 0 Å². The third kappa shape index (κ3) is 3.41. The van der Waals surface area contributed by atoms with Crippen LogP contribution in [-0.4, -0.2) is 34.5 Å². The zero-order valence-electron chi connectivity index (χ0n) is 12.8. The molecule has 0 saturated heterocycles. The smallest absolute Gasteiger partial charge is 0.307 e. The molecule has 3 rings (SSSR count). The molecule has 0 radical (unpaired) electrons. The predicted octanol–water partition coefficient (Wildman–Crippen LogP) is 3.06. The number of carboxylic acid groups (broad SMARTS) is 1. The Morgan fingerprint density at radius 1 is 0.857 bits per heavy atom. The lowest BCUT2D eigenvalue weighted by Gasteiger charge is -2.32. The zero-order valence-corrected chi connectivity index (χ0v) is 12.8. The summed E-state index contributed by atoms with van der Waals surface area (Å²) in [5, 5.41) is 9.32. The summed E-state index contributed by atoms with van der Waals surface area (Å²) >= 11 is 0. The van der Waals surface area contributed by atoms with E-state index in [4.69, 9.17) is 0 Å². The van der Waals surface area contributed by atoms with E-state index in [0.29, 0.717) is 18.4 Å². The molecule has 1 N–H and O–H groups in total. The molecule has 4 nitrogen and oxygen atoms in total. The first-order valence-corrected chi connectivity index (χ1v) is 8.70. The van der Waals surface area contributed by atoms with Crippen LogP contribution in [0.1, 0.15) is 64.2 Å². The largest absolute Gasteiger partial charge is 0.481 e. The number of aliphatic carboxylic acids is 1. The Bertz CT molecular complexity index is 399. The second-order valence-corrected chi connectivity index (χ2v) is 7.21. The summed E-state index contributed by atoms with van der Waals surface area (Å²) in [6.45, 7) is 0.881. The van der Waals surface area contributed by atoms with Crippen molar-refractivity contribution in [2.45, 2.75) is 70.3 Å². The van der Waals surface area contributed by atoms with Crippen LogP contribution < -0.4 is 0 Å². The third-order valence-electron chi connectivity index (χ3n) is 5.60. The number of rotatable bonds is 5. The van der Waals surface area contributed by atoms with E-state index in [1.54, 1.807) is 0 Å². The number of carbonyl (C=O) groups is 2. The standard InChI is InChI=1S/C17H27NO3/c19-16(14-7-4-8-15(14)17(20)21)18(13-9-10-13)11-12-5-2-1-3-6-12/h12-15H,1-11H2,(H,20,21). The third-order valence-corrected chi connectivity index (χ3v) is 5.60. The first-order chi connectivity index (χ1) is 10.2. The van der Waals surface area contributed by atoms with Crippen LogP contribution in [0.3, 0.4) is 0 Å². The maximum Gasteiger partial charge on any atom is 0.307 e. The summed E-state index contributed by atoms with van der Waals surface area (Å²) in [5.74, 6) is -0.683. The van der Waals surface area contributed by atoms with E-state index in [0.717, 1.165) is 32.2 Å². The highest BCUT2D eigenvalue weighted by Gasteiger charge is 2.43. The van der Waals surface area contributed by atoms with Gasteiger partial charge in [0.1, 0.15) is 0 Å². The molecule has 3 aliphatic rings. The number of hydrogen-bond acceptors (Lipinski definition) is 2. The lowest BCUT2D eigenvalue weighted by Crippen LogP contribution is -2.43. The van der Waals surface area contributed by atoms with Gasteiger partial charge in [-0.2, -0.15) is 0 Å². The molecule has 3 saturated carbocycles. The van der Waals surface area contributed by atoms with Gasteiger partial charge in [-0.25, -0.2) is 0 Å². The number of carboxylic acids is 1. The zero-order chi connectivity index (χ0) is 14.8. The molecular formula is C17H27NO3. The second kappa shape index (κ2) is 6.37. The Hall–Kier alpha value is -1.06. The molecule has 118 valence electrons. The quantitative estimate of drug-likeness (QED) is 0.847. The highest BCUT2D eigenvalue weighted by Crippen LogP contribution is 2.38. The molecular weight excluding hydrogens is 266 g/mol. The number of nitrogens with zero attached hydrogens (tertiary/aromatic N) is 1. The monoisotopic (exact) mass is 293 g/mol. The van der Waals surface area contributed by atoms with E-state index in [2.05, 4.69) is 4.90 Å². The fourth-order valence-electron chi connectivity index (χ4n) is 4.22. The Kier molecular flexibility index (Phi) is 4.51. The van der Waals surface area contributed by atoms with Crippen LogP contribution in [0.4, 0.5) is 0 Å². The van der Waals surface area contributed by atoms with Gasteiger partial charge in [0.2, 0.25) is 5.91 Å². The minimum Gasteiger partial charge on any atom is -0.481 e. The van der Waals surface area contributed by atoms with Crippen LogP contribution in [-0.2, 0) is 9.59 Å². The summed E-state index contributed by atoms with van der Waals surface area (Å²) < 4.78 is 0. The van der Waals surface area contributed by atoms with Gasteiger partial charge in [0.05, 0.1) is 11.8 Å². The average Bonchev–Trinajstić information content (AvgIpc) is 3.20. The van der Waals surface area contributed by atoms with Crippen molar-refractivity contribution in [3.05, 3.63) is 0 Å². The topological polar surface area (TPSA) is 57.6 Å². The average molecular weight is 293 g/mol. The van der Waals surface area contributed by atoms with Crippen LogP contribution in [0, 0.1) is 17.8 Å². The molecule has 4 heteroatoms. The van der Waals surface area contributed by atoms with E-state index in [9.17, 15) is 14.7 Å². The van der Waals surface area contributed by atoms with E-state index in [-0.39, 0.29) is 11.8 Å².